The molecule has 0 saturated heterocycles. The molecule has 0 aliphatic rings. The molecule has 0 aliphatic heterocycles. The highest BCUT2D eigenvalue weighted by Gasteiger charge is 2.09. The smallest absolute Gasteiger partial charge is 0.185 e. The zero-order valence-corrected chi connectivity index (χ0v) is 12.1. The number of ether oxygens (including phenoxy) is 2. The molecule has 0 amide bonds. The van der Waals surface area contributed by atoms with Crippen molar-refractivity contribution in [3.63, 3.8) is 0 Å². The Kier molecular flexibility index (Phi) is 4.88. The van der Waals surface area contributed by atoms with Crippen molar-refractivity contribution in [3.8, 4) is 11.5 Å². The molecule has 0 fully saturated rings. The summed E-state index contributed by atoms with van der Waals surface area (Å²) in [7, 11) is 2.95. The normalized spacial score (nSPS) is 10.7. The van der Waals surface area contributed by atoms with Crippen LogP contribution in [-0.2, 0) is 0 Å². The van der Waals surface area contributed by atoms with Gasteiger partial charge in [-0.1, -0.05) is 0 Å². The first-order valence-corrected chi connectivity index (χ1v) is 6.44. The number of ketones is 1. The van der Waals surface area contributed by atoms with Crippen molar-refractivity contribution in [2.75, 3.05) is 14.2 Å². The fourth-order valence-electron chi connectivity index (χ4n) is 1.89. The maximum absolute atomic E-state index is 13.5. The van der Waals surface area contributed by atoms with E-state index in [0.29, 0.717) is 17.1 Å². The Morgan fingerprint density at radius 2 is 1.73 bits per heavy atom. The van der Waals surface area contributed by atoms with Crippen molar-refractivity contribution in [2.24, 2.45) is 0 Å². The number of methoxy groups -OCH3 is 2. The maximum atomic E-state index is 13.5. The molecule has 22 heavy (non-hydrogen) atoms. The summed E-state index contributed by atoms with van der Waals surface area (Å²) in [6, 6.07) is 7.73. The third-order valence-corrected chi connectivity index (χ3v) is 3.04. The van der Waals surface area contributed by atoms with Gasteiger partial charge in [-0.15, -0.1) is 0 Å². The second-order valence-corrected chi connectivity index (χ2v) is 4.43. The number of benzene rings is 2. The van der Waals surface area contributed by atoms with Gasteiger partial charge >= 0.3 is 0 Å². The van der Waals surface area contributed by atoms with Crippen molar-refractivity contribution in [1.29, 1.82) is 0 Å². The highest BCUT2D eigenvalue weighted by molar-refractivity contribution is 6.07. The molecule has 2 aromatic rings. The van der Waals surface area contributed by atoms with E-state index in [1.807, 2.05) is 0 Å². The molecule has 3 nitrogen and oxygen atoms in total. The molecule has 0 radical (unpaired) electrons. The molecule has 0 aliphatic carbocycles. The summed E-state index contributed by atoms with van der Waals surface area (Å²) in [6.07, 6.45) is 2.41. The SMILES string of the molecule is COc1ccc(C(=O)/C=C/c2cc(F)ccc2F)cc1OC. The van der Waals surface area contributed by atoms with E-state index in [-0.39, 0.29) is 11.3 Å². The monoisotopic (exact) mass is 304 g/mol. The standard InChI is InChI=1S/C17H14F2O3/c1-21-16-8-4-12(10-17(16)22-2)15(20)7-3-11-9-13(18)5-6-14(11)19/h3-10H,1-2H3/b7-3+. The summed E-state index contributed by atoms with van der Waals surface area (Å²) >= 11 is 0. The highest BCUT2D eigenvalue weighted by Crippen LogP contribution is 2.27. The first-order valence-electron chi connectivity index (χ1n) is 6.44. The molecule has 0 aromatic heterocycles. The van der Waals surface area contributed by atoms with E-state index < -0.39 is 11.6 Å². The van der Waals surface area contributed by atoms with Crippen LogP contribution in [0.1, 0.15) is 15.9 Å². The number of hydrogen-bond acceptors (Lipinski definition) is 3. The molecule has 0 heterocycles. The topological polar surface area (TPSA) is 35.5 Å². The maximum Gasteiger partial charge on any atom is 0.185 e. The number of rotatable bonds is 5. The minimum Gasteiger partial charge on any atom is -0.493 e. The lowest BCUT2D eigenvalue weighted by atomic mass is 10.1. The summed E-state index contributed by atoms with van der Waals surface area (Å²) in [5.41, 5.74) is 0.361. The Morgan fingerprint density at radius 3 is 2.41 bits per heavy atom. The average molecular weight is 304 g/mol. The predicted molar refractivity (Wildman–Crippen MR) is 79.3 cm³/mol. The van der Waals surface area contributed by atoms with Crippen LogP contribution < -0.4 is 9.47 Å². The van der Waals surface area contributed by atoms with Crippen molar-refractivity contribution < 1.29 is 23.0 Å². The van der Waals surface area contributed by atoms with Crippen LogP contribution in [0.25, 0.3) is 6.08 Å². The lowest BCUT2D eigenvalue weighted by Gasteiger charge is -2.08. The summed E-state index contributed by atoms with van der Waals surface area (Å²) < 4.78 is 36.7. The second-order valence-electron chi connectivity index (χ2n) is 4.43. The van der Waals surface area contributed by atoms with Gasteiger partial charge in [0.25, 0.3) is 0 Å². The van der Waals surface area contributed by atoms with E-state index in [4.69, 9.17) is 9.47 Å². The van der Waals surface area contributed by atoms with Gasteiger partial charge in [-0.2, -0.15) is 0 Å². The van der Waals surface area contributed by atoms with Crippen LogP contribution in [0.15, 0.2) is 42.5 Å². The fourth-order valence-corrected chi connectivity index (χ4v) is 1.89. The summed E-state index contributed by atoms with van der Waals surface area (Å²) in [4.78, 5) is 12.1. The van der Waals surface area contributed by atoms with Crippen molar-refractivity contribution in [2.45, 2.75) is 0 Å². The van der Waals surface area contributed by atoms with Crippen LogP contribution in [0.4, 0.5) is 8.78 Å². The van der Waals surface area contributed by atoms with E-state index in [1.165, 1.54) is 32.4 Å². The van der Waals surface area contributed by atoms with Crippen LogP contribution in [0.3, 0.4) is 0 Å². The van der Waals surface area contributed by atoms with E-state index in [1.54, 1.807) is 12.1 Å². The number of allylic oxidation sites excluding steroid dienone is 1. The molecule has 2 aromatic carbocycles. The Bertz CT molecular complexity index is 724. The lowest BCUT2D eigenvalue weighted by Crippen LogP contribution is -1.97. The number of carbonyl (C=O) groups is 1. The van der Waals surface area contributed by atoms with Crippen LogP contribution in [0.5, 0.6) is 11.5 Å². The third kappa shape index (κ3) is 3.49. The lowest BCUT2D eigenvalue weighted by molar-refractivity contribution is 0.104. The van der Waals surface area contributed by atoms with E-state index in [9.17, 15) is 13.6 Å². The zero-order valence-electron chi connectivity index (χ0n) is 12.1. The Morgan fingerprint density at radius 1 is 1.00 bits per heavy atom. The molecule has 0 saturated carbocycles. The van der Waals surface area contributed by atoms with Gasteiger partial charge in [0.2, 0.25) is 0 Å². The van der Waals surface area contributed by atoms with Crippen molar-refractivity contribution in [3.05, 3.63) is 65.2 Å². The molecule has 5 heteroatoms. The minimum absolute atomic E-state index is 0.00817. The third-order valence-electron chi connectivity index (χ3n) is 3.04. The van der Waals surface area contributed by atoms with Crippen molar-refractivity contribution in [1.82, 2.24) is 0 Å². The van der Waals surface area contributed by atoms with Crippen LogP contribution >= 0.6 is 0 Å². The number of hydrogen-bond donors (Lipinski definition) is 0. The summed E-state index contributed by atoms with van der Waals surface area (Å²) in [5.74, 6) is -0.611. The van der Waals surface area contributed by atoms with E-state index >= 15 is 0 Å². The molecule has 0 N–H and O–H groups in total. The van der Waals surface area contributed by atoms with Gasteiger partial charge in [0.15, 0.2) is 17.3 Å². The second kappa shape index (κ2) is 6.85. The van der Waals surface area contributed by atoms with Crippen LogP contribution in [-0.4, -0.2) is 20.0 Å². The summed E-state index contributed by atoms with van der Waals surface area (Å²) in [5, 5.41) is 0. The molecule has 0 unspecified atom stereocenters. The molecule has 0 spiro atoms. The molecule has 2 rings (SSSR count). The van der Waals surface area contributed by atoms with Crippen LogP contribution in [0, 0.1) is 11.6 Å². The van der Waals surface area contributed by atoms with Gasteiger partial charge in [0, 0.05) is 11.1 Å². The quantitative estimate of drug-likeness (QED) is 0.621. The van der Waals surface area contributed by atoms with Gasteiger partial charge in [0.05, 0.1) is 14.2 Å². The predicted octanol–water partition coefficient (Wildman–Crippen LogP) is 3.88. The van der Waals surface area contributed by atoms with Gasteiger partial charge in [-0.05, 0) is 48.6 Å². The zero-order chi connectivity index (χ0) is 16.1. The van der Waals surface area contributed by atoms with Gasteiger partial charge in [0.1, 0.15) is 11.6 Å². The van der Waals surface area contributed by atoms with E-state index in [2.05, 4.69) is 0 Å². The first-order chi connectivity index (χ1) is 10.5. The summed E-state index contributed by atoms with van der Waals surface area (Å²) in [6.45, 7) is 0. The molecule has 0 bridgehead atoms. The molecular weight excluding hydrogens is 290 g/mol. The fraction of sp³-hybridized carbons (Fsp3) is 0.118. The van der Waals surface area contributed by atoms with Gasteiger partial charge in [-0.3, -0.25) is 4.79 Å². The minimum atomic E-state index is -0.599. The van der Waals surface area contributed by atoms with E-state index in [0.717, 1.165) is 18.2 Å². The first kappa shape index (κ1) is 15.7. The molecular formula is C17H14F2O3. The van der Waals surface area contributed by atoms with Gasteiger partial charge in [-0.25, -0.2) is 8.78 Å². The Balaban J connectivity index is 2.25. The largest absolute Gasteiger partial charge is 0.493 e. The van der Waals surface area contributed by atoms with Crippen molar-refractivity contribution >= 4 is 11.9 Å². The molecule has 114 valence electrons. The van der Waals surface area contributed by atoms with Gasteiger partial charge < -0.3 is 9.47 Å². The average Bonchev–Trinajstić information content (AvgIpc) is 2.54. The Hall–Kier alpha value is -2.69. The highest BCUT2D eigenvalue weighted by atomic mass is 19.1. The Labute approximate surface area is 126 Å². The van der Waals surface area contributed by atoms with Crippen LogP contribution in [0.2, 0.25) is 0 Å². The number of halogens is 2. The number of carbonyl (C=O) groups excluding carboxylic acids is 1. The molecule has 0 atom stereocenters.